The van der Waals surface area contributed by atoms with E-state index < -0.39 is 5.91 Å². The molecule has 0 atom stereocenters. The summed E-state index contributed by atoms with van der Waals surface area (Å²) in [6.45, 7) is -0.159. The van der Waals surface area contributed by atoms with Crippen LogP contribution in [0.1, 0.15) is 15.9 Å². The molecule has 0 saturated heterocycles. The molecule has 2 aromatic carbocycles. The fourth-order valence-electron chi connectivity index (χ4n) is 2.71. The molecule has 2 aromatic rings. The van der Waals surface area contributed by atoms with Gasteiger partial charge in [0.25, 0.3) is 0 Å². The summed E-state index contributed by atoms with van der Waals surface area (Å²) in [6.07, 6.45) is 2.91. The van der Waals surface area contributed by atoms with E-state index in [1.54, 1.807) is 36.4 Å². The van der Waals surface area contributed by atoms with Crippen molar-refractivity contribution in [1.82, 2.24) is 5.32 Å². The Morgan fingerprint density at radius 2 is 1.40 bits per heavy atom. The Labute approximate surface area is 175 Å². The van der Waals surface area contributed by atoms with Gasteiger partial charge in [0.15, 0.2) is 28.8 Å². The first-order chi connectivity index (χ1) is 14.5. The van der Waals surface area contributed by atoms with Gasteiger partial charge in [-0.2, -0.15) is 0 Å². The van der Waals surface area contributed by atoms with Crippen molar-refractivity contribution in [2.24, 2.45) is 0 Å². The number of hydrogen-bond donors (Lipinski definition) is 1. The highest BCUT2D eigenvalue weighted by Gasteiger charge is 2.13. The van der Waals surface area contributed by atoms with Crippen molar-refractivity contribution < 1.29 is 33.3 Å². The quantitative estimate of drug-likeness (QED) is 0.471. The van der Waals surface area contributed by atoms with E-state index in [0.29, 0.717) is 39.9 Å². The number of Topliss-reactive ketones (excluding diaryl/α,β-unsaturated/α-hetero) is 1. The monoisotopic (exact) mass is 415 g/mol. The topological polar surface area (TPSA) is 92.3 Å². The molecule has 0 unspecified atom stereocenters. The van der Waals surface area contributed by atoms with Crippen molar-refractivity contribution >= 4 is 17.8 Å². The lowest BCUT2D eigenvalue weighted by atomic mass is 10.1. The van der Waals surface area contributed by atoms with Crippen LogP contribution in [0.4, 0.5) is 0 Å². The van der Waals surface area contributed by atoms with Crippen molar-refractivity contribution in [2.45, 2.75) is 0 Å². The Balaban J connectivity index is 2.04. The van der Waals surface area contributed by atoms with Crippen molar-refractivity contribution in [2.75, 3.05) is 42.1 Å². The van der Waals surface area contributed by atoms with E-state index in [1.807, 2.05) is 0 Å². The molecule has 0 aromatic heterocycles. The van der Waals surface area contributed by atoms with Crippen molar-refractivity contribution in [1.29, 1.82) is 0 Å². The SMILES string of the molecule is COc1ccc(C(=O)CNC(=O)C=Cc2cc(OC)c(OC)c(OC)c2)cc1OC. The summed E-state index contributed by atoms with van der Waals surface area (Å²) in [5.74, 6) is 1.69. The average molecular weight is 415 g/mol. The van der Waals surface area contributed by atoms with Gasteiger partial charge in [0, 0.05) is 11.6 Å². The second-order valence-corrected chi connectivity index (χ2v) is 6.00. The molecule has 0 saturated carbocycles. The highest BCUT2D eigenvalue weighted by atomic mass is 16.5. The number of nitrogens with one attached hydrogen (secondary N) is 1. The lowest BCUT2D eigenvalue weighted by molar-refractivity contribution is -0.116. The van der Waals surface area contributed by atoms with E-state index in [0.717, 1.165) is 0 Å². The van der Waals surface area contributed by atoms with Gasteiger partial charge in [-0.25, -0.2) is 0 Å². The van der Waals surface area contributed by atoms with Crippen LogP contribution < -0.4 is 29.0 Å². The minimum atomic E-state index is -0.419. The standard InChI is InChI=1S/C22H25NO7/c1-26-17-8-7-15(12-18(17)27-2)16(24)13-23-21(25)9-6-14-10-19(28-3)22(30-5)20(11-14)29-4/h6-12H,13H2,1-5H3,(H,23,25). The minimum absolute atomic E-state index is 0.159. The Bertz CT molecular complexity index is 912. The number of rotatable bonds is 10. The Morgan fingerprint density at radius 1 is 0.800 bits per heavy atom. The lowest BCUT2D eigenvalue weighted by Gasteiger charge is -2.12. The predicted octanol–water partition coefficient (Wildman–Crippen LogP) is 2.74. The minimum Gasteiger partial charge on any atom is -0.493 e. The number of ether oxygens (including phenoxy) is 5. The molecule has 0 aliphatic heterocycles. The van der Waals surface area contributed by atoms with Crippen molar-refractivity contribution in [3.8, 4) is 28.7 Å². The molecular formula is C22H25NO7. The molecule has 1 N–H and O–H groups in total. The summed E-state index contributed by atoms with van der Waals surface area (Å²) in [6, 6.07) is 8.23. The number of benzene rings is 2. The van der Waals surface area contributed by atoms with Crippen LogP contribution in [-0.2, 0) is 4.79 Å². The molecule has 0 heterocycles. The number of methoxy groups -OCH3 is 5. The summed E-state index contributed by atoms with van der Waals surface area (Å²) >= 11 is 0. The van der Waals surface area contributed by atoms with Crippen LogP contribution in [0.3, 0.4) is 0 Å². The summed E-state index contributed by atoms with van der Waals surface area (Å²) in [5.41, 5.74) is 1.08. The second-order valence-electron chi connectivity index (χ2n) is 6.00. The normalized spacial score (nSPS) is 10.4. The van der Waals surface area contributed by atoms with Gasteiger partial charge in [-0.05, 0) is 42.0 Å². The van der Waals surface area contributed by atoms with E-state index >= 15 is 0 Å². The smallest absolute Gasteiger partial charge is 0.244 e. The van der Waals surface area contributed by atoms with Gasteiger partial charge in [-0.1, -0.05) is 0 Å². The van der Waals surface area contributed by atoms with Crippen LogP contribution >= 0.6 is 0 Å². The molecule has 0 spiro atoms. The zero-order valence-corrected chi connectivity index (χ0v) is 17.6. The van der Waals surface area contributed by atoms with Gasteiger partial charge in [0.1, 0.15) is 0 Å². The third-order valence-corrected chi connectivity index (χ3v) is 4.24. The van der Waals surface area contributed by atoms with E-state index in [2.05, 4.69) is 5.32 Å². The maximum atomic E-state index is 12.3. The lowest BCUT2D eigenvalue weighted by Crippen LogP contribution is -2.28. The Kier molecular flexibility index (Phi) is 8.10. The van der Waals surface area contributed by atoms with Gasteiger partial charge in [0.2, 0.25) is 11.7 Å². The molecule has 30 heavy (non-hydrogen) atoms. The third-order valence-electron chi connectivity index (χ3n) is 4.24. The molecule has 0 aliphatic carbocycles. The first kappa shape index (κ1) is 22.6. The van der Waals surface area contributed by atoms with Gasteiger partial charge in [-0.3, -0.25) is 9.59 Å². The van der Waals surface area contributed by atoms with Crippen molar-refractivity contribution in [3.63, 3.8) is 0 Å². The first-order valence-electron chi connectivity index (χ1n) is 8.98. The van der Waals surface area contributed by atoms with E-state index in [4.69, 9.17) is 23.7 Å². The number of carbonyl (C=O) groups excluding carboxylic acids is 2. The molecule has 160 valence electrons. The number of amides is 1. The van der Waals surface area contributed by atoms with Gasteiger partial charge in [0.05, 0.1) is 42.1 Å². The second kappa shape index (κ2) is 10.8. The number of ketones is 1. The largest absolute Gasteiger partial charge is 0.493 e. The molecule has 8 nitrogen and oxygen atoms in total. The molecule has 8 heteroatoms. The van der Waals surface area contributed by atoms with Crippen LogP contribution in [0.2, 0.25) is 0 Å². The zero-order chi connectivity index (χ0) is 22.1. The predicted molar refractivity (Wildman–Crippen MR) is 112 cm³/mol. The Hall–Kier alpha value is -3.68. The zero-order valence-electron chi connectivity index (χ0n) is 17.6. The number of hydrogen-bond acceptors (Lipinski definition) is 7. The van der Waals surface area contributed by atoms with Crippen LogP contribution in [0.5, 0.6) is 28.7 Å². The highest BCUT2D eigenvalue weighted by Crippen LogP contribution is 2.38. The van der Waals surface area contributed by atoms with E-state index in [1.165, 1.54) is 41.6 Å². The van der Waals surface area contributed by atoms with Gasteiger partial charge < -0.3 is 29.0 Å². The molecule has 1 amide bonds. The molecular weight excluding hydrogens is 390 g/mol. The van der Waals surface area contributed by atoms with E-state index in [-0.39, 0.29) is 12.3 Å². The summed E-state index contributed by atoms with van der Waals surface area (Å²) in [4.78, 5) is 24.5. The van der Waals surface area contributed by atoms with Crippen LogP contribution in [-0.4, -0.2) is 53.8 Å². The van der Waals surface area contributed by atoms with Gasteiger partial charge in [-0.15, -0.1) is 0 Å². The molecule has 0 radical (unpaired) electrons. The maximum absolute atomic E-state index is 12.3. The average Bonchev–Trinajstić information content (AvgIpc) is 2.79. The van der Waals surface area contributed by atoms with Crippen LogP contribution in [0.25, 0.3) is 6.08 Å². The Morgan fingerprint density at radius 3 is 1.93 bits per heavy atom. The summed E-state index contributed by atoms with van der Waals surface area (Å²) in [7, 11) is 7.54. The third kappa shape index (κ3) is 5.44. The fraction of sp³-hybridized carbons (Fsp3) is 0.273. The fourth-order valence-corrected chi connectivity index (χ4v) is 2.71. The maximum Gasteiger partial charge on any atom is 0.244 e. The molecule has 0 aliphatic rings. The van der Waals surface area contributed by atoms with E-state index in [9.17, 15) is 9.59 Å². The van der Waals surface area contributed by atoms with Crippen LogP contribution in [0, 0.1) is 0 Å². The molecule has 0 fully saturated rings. The first-order valence-corrected chi connectivity index (χ1v) is 8.98. The highest BCUT2D eigenvalue weighted by molar-refractivity contribution is 6.01. The van der Waals surface area contributed by atoms with Crippen LogP contribution in [0.15, 0.2) is 36.4 Å². The molecule has 2 rings (SSSR count). The summed E-state index contributed by atoms with van der Waals surface area (Å²) < 4.78 is 26.2. The number of carbonyl (C=O) groups is 2. The summed E-state index contributed by atoms with van der Waals surface area (Å²) in [5, 5.41) is 2.56. The van der Waals surface area contributed by atoms with Crippen molar-refractivity contribution in [3.05, 3.63) is 47.5 Å². The molecule has 0 bridgehead atoms. The van der Waals surface area contributed by atoms with Gasteiger partial charge >= 0.3 is 0 Å².